The average molecular weight is 390 g/mol. The van der Waals surface area contributed by atoms with E-state index < -0.39 is 54.0 Å². The quantitative estimate of drug-likeness (QED) is 0.339. The van der Waals surface area contributed by atoms with Crippen molar-refractivity contribution in [3.05, 3.63) is 0 Å². The van der Waals surface area contributed by atoms with Crippen LogP contribution in [0.1, 0.15) is 34.1 Å². The summed E-state index contributed by atoms with van der Waals surface area (Å²) >= 11 is 0. The maximum Gasteiger partial charge on any atom is 0.303 e. The highest BCUT2D eigenvalue weighted by Gasteiger charge is 2.57. The first kappa shape index (κ1) is 22.8. The molecule has 0 bridgehead atoms. The Morgan fingerprint density at radius 3 is 2.04 bits per heavy atom. The van der Waals surface area contributed by atoms with Crippen LogP contribution in [0.2, 0.25) is 0 Å². The Morgan fingerprint density at radius 2 is 1.59 bits per heavy atom. The van der Waals surface area contributed by atoms with Crippen LogP contribution in [0.25, 0.3) is 0 Å². The number of amides is 1. The van der Waals surface area contributed by atoms with Crippen molar-refractivity contribution in [2.75, 3.05) is 13.2 Å². The number of ether oxygens (including phenoxy) is 4. The number of carbonyl (C=O) groups is 4. The third-order valence-electron chi connectivity index (χ3n) is 3.78. The van der Waals surface area contributed by atoms with Crippen LogP contribution in [0, 0.1) is 0 Å². The molecule has 0 spiro atoms. The summed E-state index contributed by atoms with van der Waals surface area (Å²) < 4.78 is 21.0. The minimum atomic E-state index is -2.05. The summed E-state index contributed by atoms with van der Waals surface area (Å²) in [7, 11) is 0. The molecule has 1 aliphatic rings. The van der Waals surface area contributed by atoms with E-state index in [0.29, 0.717) is 0 Å². The molecule has 154 valence electrons. The first-order valence-corrected chi connectivity index (χ1v) is 8.35. The maximum absolute atomic E-state index is 11.6. The third-order valence-corrected chi connectivity index (χ3v) is 3.78. The smallest absolute Gasteiger partial charge is 0.303 e. The zero-order chi connectivity index (χ0) is 20.8. The molecule has 0 aromatic rings. The Balaban J connectivity index is 3.36. The van der Waals surface area contributed by atoms with E-state index in [1.807, 2.05) is 0 Å². The molecule has 27 heavy (non-hydrogen) atoms. The predicted octanol–water partition coefficient (Wildman–Crippen LogP) is -1.65. The van der Waals surface area contributed by atoms with Crippen LogP contribution in [0.5, 0.6) is 0 Å². The third kappa shape index (κ3) is 6.45. The van der Waals surface area contributed by atoms with Crippen LogP contribution in [-0.4, -0.2) is 72.2 Å². The Bertz CT molecular complexity index is 582. The van der Waals surface area contributed by atoms with Crippen LogP contribution >= 0.6 is 0 Å². The molecule has 0 aromatic heterocycles. The lowest BCUT2D eigenvalue weighted by molar-refractivity contribution is -0.322. The van der Waals surface area contributed by atoms with Gasteiger partial charge in [0.2, 0.25) is 5.91 Å². The first-order valence-electron chi connectivity index (χ1n) is 8.35. The van der Waals surface area contributed by atoms with E-state index in [9.17, 15) is 24.3 Å². The van der Waals surface area contributed by atoms with Crippen molar-refractivity contribution >= 4 is 23.8 Å². The number of nitrogens with one attached hydrogen (secondary N) is 1. The van der Waals surface area contributed by atoms with Gasteiger partial charge in [-0.3, -0.25) is 19.2 Å². The fourth-order valence-corrected chi connectivity index (χ4v) is 2.89. The molecule has 1 saturated heterocycles. The largest absolute Gasteiger partial charge is 0.463 e. The lowest BCUT2D eigenvalue weighted by Crippen LogP contribution is -2.71. The van der Waals surface area contributed by atoms with Crippen molar-refractivity contribution in [2.24, 2.45) is 5.73 Å². The molecule has 0 radical (unpaired) electrons. The maximum atomic E-state index is 11.6. The van der Waals surface area contributed by atoms with Crippen molar-refractivity contribution < 1.29 is 43.2 Å². The van der Waals surface area contributed by atoms with E-state index in [2.05, 4.69) is 5.32 Å². The van der Waals surface area contributed by atoms with Gasteiger partial charge in [0.05, 0.1) is 0 Å². The van der Waals surface area contributed by atoms with Crippen LogP contribution in [0.3, 0.4) is 0 Å². The Kier molecular flexibility index (Phi) is 8.13. The van der Waals surface area contributed by atoms with Gasteiger partial charge in [-0.1, -0.05) is 0 Å². The minimum Gasteiger partial charge on any atom is -0.463 e. The summed E-state index contributed by atoms with van der Waals surface area (Å²) in [6.45, 7) is 4.19. The van der Waals surface area contributed by atoms with E-state index in [4.69, 9.17) is 24.7 Å². The van der Waals surface area contributed by atoms with Crippen molar-refractivity contribution in [1.29, 1.82) is 0 Å². The van der Waals surface area contributed by atoms with E-state index in [1.54, 1.807) is 0 Å². The van der Waals surface area contributed by atoms with Gasteiger partial charge in [0, 0.05) is 34.1 Å². The summed E-state index contributed by atoms with van der Waals surface area (Å²) in [5.41, 5.74) is 5.54. The molecule has 1 fully saturated rings. The fraction of sp³-hybridized carbons (Fsp3) is 0.750. The van der Waals surface area contributed by atoms with Crippen LogP contribution < -0.4 is 11.1 Å². The van der Waals surface area contributed by atoms with Gasteiger partial charge in [0.25, 0.3) is 0 Å². The summed E-state index contributed by atoms with van der Waals surface area (Å²) in [5, 5.41) is 13.4. The molecule has 5 atom stereocenters. The average Bonchev–Trinajstić information content (AvgIpc) is 2.51. The Hall–Kier alpha value is -2.24. The van der Waals surface area contributed by atoms with Gasteiger partial charge in [0.15, 0.2) is 18.0 Å². The summed E-state index contributed by atoms with van der Waals surface area (Å²) in [5.74, 6) is -4.69. The number of esters is 3. The Labute approximate surface area is 156 Å². The molecule has 1 aliphatic heterocycles. The summed E-state index contributed by atoms with van der Waals surface area (Å²) in [6, 6.07) is -1.28. The molecule has 11 heteroatoms. The van der Waals surface area contributed by atoms with Gasteiger partial charge in [0.1, 0.15) is 18.8 Å². The van der Waals surface area contributed by atoms with E-state index in [-0.39, 0.29) is 19.6 Å². The number of carbonyl (C=O) groups excluding carboxylic acids is 4. The van der Waals surface area contributed by atoms with Gasteiger partial charge in [-0.25, -0.2) is 0 Å². The number of rotatable bonds is 7. The normalized spacial score (nSPS) is 30.1. The van der Waals surface area contributed by atoms with Crippen LogP contribution in [0.15, 0.2) is 0 Å². The monoisotopic (exact) mass is 390 g/mol. The lowest BCUT2D eigenvalue weighted by Gasteiger charge is -2.49. The van der Waals surface area contributed by atoms with Gasteiger partial charge >= 0.3 is 17.9 Å². The van der Waals surface area contributed by atoms with Crippen molar-refractivity contribution in [1.82, 2.24) is 5.32 Å². The molecule has 1 rings (SSSR count). The molecule has 4 N–H and O–H groups in total. The minimum absolute atomic E-state index is 0.0299. The van der Waals surface area contributed by atoms with E-state index >= 15 is 0 Å². The second kappa shape index (κ2) is 9.62. The van der Waals surface area contributed by atoms with Crippen molar-refractivity contribution in [2.45, 2.75) is 64.3 Å². The van der Waals surface area contributed by atoms with Gasteiger partial charge < -0.3 is 35.1 Å². The predicted molar refractivity (Wildman–Crippen MR) is 88.8 cm³/mol. The van der Waals surface area contributed by atoms with Gasteiger partial charge in [-0.15, -0.1) is 0 Å². The molecule has 0 aliphatic carbocycles. The summed E-state index contributed by atoms with van der Waals surface area (Å²) in [6.07, 6.45) is -3.86. The van der Waals surface area contributed by atoms with Crippen LogP contribution in [0.4, 0.5) is 0 Å². The number of hydrogen-bond donors (Lipinski definition) is 3. The van der Waals surface area contributed by atoms with Gasteiger partial charge in [-0.2, -0.15) is 0 Å². The lowest BCUT2D eigenvalue weighted by atomic mass is 9.87. The molecular formula is C16H26N2O9. The highest BCUT2D eigenvalue weighted by Crippen LogP contribution is 2.34. The second-order valence-electron chi connectivity index (χ2n) is 6.17. The van der Waals surface area contributed by atoms with Crippen molar-refractivity contribution in [3.63, 3.8) is 0 Å². The number of aliphatic hydroxyl groups is 1. The standard InChI is InChI=1S/C16H26N2O9/c1-8(19)18-15-14(26-11(4)22)13(25-10(3)21)12(7-24-9(2)20)27-16(15,23)5-6-17/h12-15,23H,5-7,17H2,1-4H3,(H,18,19)/t12-,13+,14+,15-,16+/m1/s1. The highest BCUT2D eigenvalue weighted by molar-refractivity contribution is 5.74. The SMILES string of the molecule is CC(=O)N[C@@H]1[C@@H](OC(C)=O)[C@@H](OC(C)=O)[C@@H](COC(C)=O)O[C@@]1(O)CCN. The second-order valence-corrected chi connectivity index (χ2v) is 6.17. The topological polar surface area (TPSA) is 163 Å². The molecule has 0 saturated carbocycles. The molecular weight excluding hydrogens is 364 g/mol. The van der Waals surface area contributed by atoms with E-state index in [1.165, 1.54) is 13.8 Å². The summed E-state index contributed by atoms with van der Waals surface area (Å²) in [4.78, 5) is 46.0. The van der Waals surface area contributed by atoms with Crippen LogP contribution in [-0.2, 0) is 38.1 Å². The molecule has 1 heterocycles. The van der Waals surface area contributed by atoms with E-state index in [0.717, 1.165) is 13.8 Å². The molecule has 11 nitrogen and oxygen atoms in total. The van der Waals surface area contributed by atoms with Gasteiger partial charge in [-0.05, 0) is 6.54 Å². The van der Waals surface area contributed by atoms with Crippen molar-refractivity contribution in [3.8, 4) is 0 Å². The molecule has 0 unspecified atom stereocenters. The Morgan fingerprint density at radius 1 is 1.04 bits per heavy atom. The number of hydrogen-bond acceptors (Lipinski definition) is 10. The zero-order valence-electron chi connectivity index (χ0n) is 15.7. The molecule has 0 aromatic carbocycles. The highest BCUT2D eigenvalue weighted by atomic mass is 16.7. The molecule has 1 amide bonds. The first-order chi connectivity index (χ1) is 12.5. The fourth-order valence-electron chi connectivity index (χ4n) is 2.89. The zero-order valence-corrected chi connectivity index (χ0v) is 15.7. The number of nitrogens with two attached hydrogens (primary N) is 1.